The van der Waals surface area contributed by atoms with Crippen molar-refractivity contribution in [2.24, 2.45) is 5.41 Å². The number of halogens is 1. The van der Waals surface area contributed by atoms with Crippen LogP contribution in [0.2, 0.25) is 0 Å². The minimum Gasteiger partial charge on any atom is -0.458 e. The van der Waals surface area contributed by atoms with Crippen molar-refractivity contribution in [3.8, 4) is 6.07 Å². The largest absolute Gasteiger partial charge is 0.458 e. The van der Waals surface area contributed by atoms with Crippen LogP contribution < -0.4 is 4.90 Å². The molecule has 0 radical (unpaired) electrons. The number of aromatic nitrogens is 1. The Morgan fingerprint density at radius 3 is 2.70 bits per heavy atom. The van der Waals surface area contributed by atoms with E-state index >= 15 is 0 Å². The maximum absolute atomic E-state index is 14.1. The van der Waals surface area contributed by atoms with E-state index in [1.165, 1.54) is 30.0 Å². The van der Waals surface area contributed by atoms with Crippen LogP contribution in [0.4, 0.5) is 15.2 Å². The van der Waals surface area contributed by atoms with Gasteiger partial charge < -0.3 is 4.74 Å². The van der Waals surface area contributed by atoms with E-state index < -0.39 is 17.2 Å². The lowest BCUT2D eigenvalue weighted by molar-refractivity contribution is -0.153. The van der Waals surface area contributed by atoms with E-state index in [9.17, 15) is 19.2 Å². The number of rotatable bonds is 5. The summed E-state index contributed by atoms with van der Waals surface area (Å²) in [5, 5.41) is 11.3. The van der Waals surface area contributed by atoms with Gasteiger partial charge in [0.25, 0.3) is 0 Å². The Labute approximate surface area is 160 Å². The lowest BCUT2D eigenvalue weighted by Crippen LogP contribution is -2.28. The van der Waals surface area contributed by atoms with Gasteiger partial charge in [-0.1, -0.05) is 25.0 Å². The molecule has 0 aliphatic heterocycles. The molecule has 1 heterocycles. The first kappa shape index (κ1) is 19.0. The number of carbonyl (C=O) groups excluding carboxylic acids is 2. The number of benzene rings is 1. The van der Waals surface area contributed by atoms with E-state index in [0.29, 0.717) is 18.5 Å². The van der Waals surface area contributed by atoms with Gasteiger partial charge in [0.2, 0.25) is 5.91 Å². The Bertz CT molecular complexity index is 900. The Hall–Kier alpha value is -2.79. The van der Waals surface area contributed by atoms with E-state index in [1.54, 1.807) is 11.4 Å². The number of carbonyl (C=O) groups is 2. The fourth-order valence-electron chi connectivity index (χ4n) is 3.12. The molecule has 1 amide bonds. The van der Waals surface area contributed by atoms with Gasteiger partial charge in [0.15, 0.2) is 10.5 Å². The average molecular weight is 387 g/mol. The van der Waals surface area contributed by atoms with Gasteiger partial charge in [0, 0.05) is 12.3 Å². The predicted octanol–water partition coefficient (Wildman–Crippen LogP) is 4.09. The highest BCUT2D eigenvalue weighted by Gasteiger charge is 2.43. The SMILES string of the molecule is CC(=O)N(c1nc(COC(=O)C2(C#N)CCCC2)cs1)c1ccccc1F. The summed E-state index contributed by atoms with van der Waals surface area (Å²) in [7, 11) is 0. The summed E-state index contributed by atoms with van der Waals surface area (Å²) in [6, 6.07) is 8.03. The second-order valence-corrected chi connectivity index (χ2v) is 7.24. The van der Waals surface area contributed by atoms with Gasteiger partial charge in [0.05, 0.1) is 17.5 Å². The first-order valence-electron chi connectivity index (χ1n) is 8.55. The first-order valence-corrected chi connectivity index (χ1v) is 9.43. The summed E-state index contributed by atoms with van der Waals surface area (Å²) in [4.78, 5) is 29.8. The highest BCUT2D eigenvalue weighted by molar-refractivity contribution is 7.14. The molecule has 0 N–H and O–H groups in total. The topological polar surface area (TPSA) is 83.3 Å². The van der Waals surface area contributed by atoms with E-state index in [-0.39, 0.29) is 23.3 Å². The summed E-state index contributed by atoms with van der Waals surface area (Å²) in [5.74, 6) is -1.45. The molecule has 140 valence electrons. The zero-order chi connectivity index (χ0) is 19.4. The third-order valence-electron chi connectivity index (χ3n) is 4.55. The molecular weight excluding hydrogens is 369 g/mol. The number of anilines is 2. The summed E-state index contributed by atoms with van der Waals surface area (Å²) in [6.07, 6.45) is 2.69. The van der Waals surface area contributed by atoms with E-state index in [4.69, 9.17) is 4.74 Å². The van der Waals surface area contributed by atoms with Gasteiger partial charge >= 0.3 is 5.97 Å². The maximum Gasteiger partial charge on any atom is 0.326 e. The summed E-state index contributed by atoms with van der Waals surface area (Å²) < 4.78 is 19.4. The van der Waals surface area contributed by atoms with Crippen LogP contribution in [0.3, 0.4) is 0 Å². The van der Waals surface area contributed by atoms with Crippen molar-refractivity contribution in [3.63, 3.8) is 0 Å². The van der Waals surface area contributed by atoms with E-state index in [1.807, 2.05) is 0 Å². The summed E-state index contributed by atoms with van der Waals surface area (Å²) in [6.45, 7) is 1.23. The van der Waals surface area contributed by atoms with Gasteiger partial charge in [-0.3, -0.25) is 14.5 Å². The van der Waals surface area contributed by atoms with Crippen molar-refractivity contribution in [1.82, 2.24) is 4.98 Å². The molecule has 1 aromatic heterocycles. The molecule has 0 bridgehead atoms. The molecule has 27 heavy (non-hydrogen) atoms. The third-order valence-corrected chi connectivity index (χ3v) is 5.43. The average Bonchev–Trinajstić information content (AvgIpc) is 3.31. The first-order chi connectivity index (χ1) is 13.0. The monoisotopic (exact) mass is 387 g/mol. The summed E-state index contributed by atoms with van der Waals surface area (Å²) >= 11 is 1.15. The van der Waals surface area contributed by atoms with Crippen molar-refractivity contribution in [2.45, 2.75) is 39.2 Å². The van der Waals surface area contributed by atoms with Crippen LogP contribution in [-0.2, 0) is 20.9 Å². The maximum atomic E-state index is 14.1. The Morgan fingerprint density at radius 2 is 2.07 bits per heavy atom. The predicted molar refractivity (Wildman–Crippen MR) is 97.6 cm³/mol. The summed E-state index contributed by atoms with van der Waals surface area (Å²) in [5.41, 5.74) is -0.508. The fourth-order valence-corrected chi connectivity index (χ4v) is 3.99. The number of hydrogen-bond donors (Lipinski definition) is 0. The second kappa shape index (κ2) is 7.84. The molecule has 2 aromatic rings. The van der Waals surface area contributed by atoms with Gasteiger partial charge in [0.1, 0.15) is 12.4 Å². The molecule has 1 fully saturated rings. The molecule has 0 unspecified atom stereocenters. The highest BCUT2D eigenvalue weighted by Crippen LogP contribution is 2.39. The third kappa shape index (κ3) is 3.83. The Balaban J connectivity index is 1.74. The standard InChI is InChI=1S/C19H18FN3O3S/c1-13(24)23(16-7-3-2-6-15(16)20)18-22-14(11-27-18)10-26-17(25)19(12-21)8-4-5-9-19/h2-3,6-7,11H,4-5,8-10H2,1H3. The molecule has 1 aliphatic carbocycles. The molecule has 0 atom stereocenters. The van der Waals surface area contributed by atoms with E-state index in [2.05, 4.69) is 11.1 Å². The van der Waals surface area contributed by atoms with Crippen LogP contribution in [0.5, 0.6) is 0 Å². The quantitative estimate of drug-likeness (QED) is 0.722. The van der Waals surface area contributed by atoms with Crippen LogP contribution in [-0.4, -0.2) is 16.9 Å². The van der Waals surface area contributed by atoms with E-state index in [0.717, 1.165) is 24.2 Å². The normalized spacial score (nSPS) is 15.1. The number of ether oxygens (including phenoxy) is 1. The van der Waals surface area contributed by atoms with Crippen LogP contribution in [0.1, 0.15) is 38.3 Å². The van der Waals surface area contributed by atoms with Crippen LogP contribution in [0, 0.1) is 22.6 Å². The molecule has 1 saturated carbocycles. The van der Waals surface area contributed by atoms with Gasteiger partial charge in [-0.15, -0.1) is 11.3 Å². The molecule has 0 saturated heterocycles. The van der Waals surface area contributed by atoms with Crippen molar-refractivity contribution in [1.29, 1.82) is 5.26 Å². The molecule has 1 aromatic carbocycles. The number of hydrogen-bond acceptors (Lipinski definition) is 6. The number of nitriles is 1. The van der Waals surface area contributed by atoms with Gasteiger partial charge in [-0.25, -0.2) is 9.37 Å². The van der Waals surface area contributed by atoms with Crippen molar-refractivity contribution >= 4 is 34.0 Å². The number of thiazole rings is 1. The Morgan fingerprint density at radius 1 is 1.37 bits per heavy atom. The number of para-hydroxylation sites is 1. The minimum absolute atomic E-state index is 0.0955. The second-order valence-electron chi connectivity index (χ2n) is 6.40. The molecule has 6 nitrogen and oxygen atoms in total. The number of amides is 1. The van der Waals surface area contributed by atoms with Crippen LogP contribution in [0.15, 0.2) is 29.6 Å². The molecule has 8 heteroatoms. The minimum atomic E-state index is -1.06. The smallest absolute Gasteiger partial charge is 0.326 e. The van der Waals surface area contributed by atoms with Crippen LogP contribution in [0.25, 0.3) is 0 Å². The zero-order valence-electron chi connectivity index (χ0n) is 14.8. The molecule has 3 rings (SSSR count). The van der Waals surface area contributed by atoms with Crippen molar-refractivity contribution < 1.29 is 18.7 Å². The number of nitrogens with zero attached hydrogens (tertiary/aromatic N) is 3. The Kier molecular flexibility index (Phi) is 5.51. The highest BCUT2D eigenvalue weighted by atomic mass is 32.1. The lowest BCUT2D eigenvalue weighted by atomic mass is 9.88. The van der Waals surface area contributed by atoms with Crippen molar-refractivity contribution in [2.75, 3.05) is 4.90 Å². The fraction of sp³-hybridized carbons (Fsp3) is 0.368. The molecule has 0 spiro atoms. The molecular formula is C19H18FN3O3S. The lowest BCUT2D eigenvalue weighted by Gasteiger charge is -2.18. The van der Waals surface area contributed by atoms with Gasteiger partial charge in [-0.05, 0) is 25.0 Å². The van der Waals surface area contributed by atoms with Crippen molar-refractivity contribution in [3.05, 3.63) is 41.2 Å². The molecule has 1 aliphatic rings. The zero-order valence-corrected chi connectivity index (χ0v) is 15.6. The van der Waals surface area contributed by atoms with Gasteiger partial charge in [-0.2, -0.15) is 5.26 Å². The van der Waals surface area contributed by atoms with Crippen LogP contribution >= 0.6 is 11.3 Å². The number of esters is 1.